The smallest absolute Gasteiger partial charge is 0.186 e. The lowest BCUT2D eigenvalue weighted by Gasteiger charge is -2.13. The molecule has 0 amide bonds. The lowest BCUT2D eigenvalue weighted by Crippen LogP contribution is -2.00. The standard InChI is InChI=1S/C22H17N5O2.C21H18N6O2.C21H17N5O2S.C20H17N7O2/c1-28-18-8-7-15(16-9-10-29-12-16)11-17(18)25-21-19-20(14-5-3-2-4-6-14)26-27-22(19)24-13-23-21;1-27-7-5-14(10-27)19-18-20(22-12-23-21(18)26-25-19)24-16-9-13(3-4-17(16)28-2)15-6-8-29-11-15;1-12-7-9-29-19(12)13-5-6-15(27-2)14(10-13)24-20-17-18(16-4-3-8-28-16)25-26-21(17)23-11-22-20;1-27-14(7-8-23-27)12-5-6-15(28-2)13(10-12)24-19-17-18(16-4-3-9-29-16)25-26-20(17)22-11-21-19/h2-13H,1H3,(H2,23,24,25,26,27);3-12H,1-2H3,(H2,22,23,24,25,26);3-11H,1-2H3,(H2,22,23,24,25,26);3-11H,1-2H3,(H2,21,22,24,25,26). The predicted molar refractivity (Wildman–Crippen MR) is 443 cm³/mol. The molecule has 8 N–H and O–H groups in total. The predicted octanol–water partition coefficient (Wildman–Crippen LogP) is 18.6. The van der Waals surface area contributed by atoms with Gasteiger partial charge in [-0.15, -0.1) is 11.3 Å². The first-order chi connectivity index (χ1) is 57.0. The van der Waals surface area contributed by atoms with E-state index >= 15 is 0 Å². The topological polar surface area (TPSA) is 378 Å². The van der Waals surface area contributed by atoms with Crippen molar-refractivity contribution in [2.45, 2.75) is 6.92 Å². The van der Waals surface area contributed by atoms with Crippen LogP contribution in [0.2, 0.25) is 0 Å². The Kier molecular flexibility index (Phi) is 20.4. The summed E-state index contributed by atoms with van der Waals surface area (Å²) in [5.74, 6) is 6.63. The van der Waals surface area contributed by atoms with E-state index in [0.29, 0.717) is 80.3 Å². The Morgan fingerprint density at radius 3 is 1.20 bits per heavy atom. The van der Waals surface area contributed by atoms with Crippen molar-refractivity contribution in [1.29, 1.82) is 0 Å². The molecule has 0 spiro atoms. The van der Waals surface area contributed by atoms with Crippen molar-refractivity contribution in [2.75, 3.05) is 49.7 Å². The summed E-state index contributed by atoms with van der Waals surface area (Å²) in [6, 6.07) is 51.0. The largest absolute Gasteiger partial charge is 0.495 e. The van der Waals surface area contributed by atoms with E-state index in [1.165, 1.54) is 35.7 Å². The molecule has 31 nitrogen and oxygen atoms in total. The maximum Gasteiger partial charge on any atom is 0.186 e. The summed E-state index contributed by atoms with van der Waals surface area (Å²) in [6.07, 6.45) is 21.6. The SMILES string of the molecule is COc1ccc(-c2ccnn2C)cc1Nc1ncnc2n[nH]c(-c3ccco3)c12.COc1ccc(-c2ccoc2)cc1Nc1ncnc2n[nH]c(-c3ccccc3)c12.COc1ccc(-c2ccoc2)cc1Nc1ncnc2n[nH]c(-c3ccn(C)c3)c12.COc1ccc(-c2sccc2C)cc1Nc1ncnc2n[nH]c(-c3ccco3)c12. The lowest BCUT2D eigenvalue weighted by atomic mass is 10.1. The molecule has 0 fully saturated rings. The number of nitrogens with one attached hydrogen (secondary N) is 8. The molecule has 0 aliphatic carbocycles. The number of furan rings is 4. The third kappa shape index (κ3) is 14.9. The van der Waals surface area contributed by atoms with Crippen LogP contribution in [0, 0.1) is 6.92 Å². The van der Waals surface area contributed by atoms with Gasteiger partial charge in [-0.3, -0.25) is 25.1 Å². The van der Waals surface area contributed by atoms with E-state index in [4.69, 9.17) is 36.6 Å². The van der Waals surface area contributed by atoms with Gasteiger partial charge in [-0.1, -0.05) is 42.5 Å². The van der Waals surface area contributed by atoms with Crippen molar-refractivity contribution in [3.05, 3.63) is 250 Å². The van der Waals surface area contributed by atoms with E-state index in [0.717, 1.165) is 117 Å². The Hall–Kier alpha value is -16.0. The maximum absolute atomic E-state index is 5.57. The zero-order valence-electron chi connectivity index (χ0n) is 63.0. The second kappa shape index (κ2) is 32.5. The molecule has 0 saturated carbocycles. The number of hydrogen-bond donors (Lipinski definition) is 8. The molecular weight excluding hydrogens is 1490 g/mol. The number of anilines is 8. The number of benzene rings is 5. The number of aromatic nitrogens is 19. The van der Waals surface area contributed by atoms with E-state index in [1.54, 1.807) is 83.6 Å². The Morgan fingerprint density at radius 1 is 0.388 bits per heavy atom. The summed E-state index contributed by atoms with van der Waals surface area (Å²) in [6.45, 7) is 2.11. The molecule has 116 heavy (non-hydrogen) atoms. The van der Waals surface area contributed by atoms with Crippen molar-refractivity contribution in [1.82, 2.24) is 95.0 Å². The van der Waals surface area contributed by atoms with Gasteiger partial charge in [0, 0.05) is 65.4 Å². The van der Waals surface area contributed by atoms with Gasteiger partial charge in [0.05, 0.1) is 127 Å². The Bertz CT molecular complexity index is 6540. The number of methoxy groups -OCH3 is 4. The second-order valence-electron chi connectivity index (χ2n) is 25.9. The van der Waals surface area contributed by atoms with Crippen molar-refractivity contribution in [3.63, 3.8) is 0 Å². The summed E-state index contributed by atoms with van der Waals surface area (Å²) < 4.78 is 47.5. The van der Waals surface area contributed by atoms with E-state index < -0.39 is 0 Å². The molecule has 32 heteroatoms. The first-order valence-corrected chi connectivity index (χ1v) is 36.8. The molecule has 0 aliphatic heterocycles. The Morgan fingerprint density at radius 2 is 0.810 bits per heavy atom. The molecule has 5 aromatic carbocycles. The third-order valence-electron chi connectivity index (χ3n) is 18.9. The Balaban J connectivity index is 0.000000111. The highest BCUT2D eigenvalue weighted by atomic mass is 32.1. The molecule has 574 valence electrons. The molecule has 15 heterocycles. The number of H-pyrrole nitrogens is 4. The van der Waals surface area contributed by atoms with Gasteiger partial charge in [-0.25, -0.2) is 39.9 Å². The molecule has 20 aromatic rings. The van der Waals surface area contributed by atoms with Crippen LogP contribution in [0.4, 0.5) is 46.0 Å². The van der Waals surface area contributed by atoms with Crippen LogP contribution < -0.4 is 40.2 Å². The highest BCUT2D eigenvalue weighted by Crippen LogP contribution is 2.43. The molecule has 20 rings (SSSR count). The minimum atomic E-state index is 0.538. The van der Waals surface area contributed by atoms with Crippen LogP contribution in [0.25, 0.3) is 134 Å². The molecule has 15 aromatic heterocycles. The monoisotopic (exact) mass is 1560 g/mol. The molecular formula is C84H69N23O8S. The minimum Gasteiger partial charge on any atom is -0.495 e. The molecule has 0 aliphatic rings. The van der Waals surface area contributed by atoms with Crippen LogP contribution in [-0.4, -0.2) is 123 Å². The number of hydrogen-bond acceptors (Lipinski definition) is 26. The molecule has 0 unspecified atom stereocenters. The van der Waals surface area contributed by atoms with E-state index in [9.17, 15) is 0 Å². The average Bonchev–Trinajstić information content (AvgIpc) is 1.64. The van der Waals surface area contributed by atoms with Crippen LogP contribution >= 0.6 is 11.3 Å². The van der Waals surface area contributed by atoms with Gasteiger partial charge in [0.25, 0.3) is 0 Å². The van der Waals surface area contributed by atoms with Gasteiger partial charge < -0.3 is 62.5 Å². The summed E-state index contributed by atoms with van der Waals surface area (Å²) in [5, 5.41) is 52.4. The first kappa shape index (κ1) is 72.8. The zero-order chi connectivity index (χ0) is 79.0. The fourth-order valence-corrected chi connectivity index (χ4v) is 14.2. The molecule has 0 atom stereocenters. The van der Waals surface area contributed by atoms with Gasteiger partial charge in [0.1, 0.15) is 83.0 Å². The van der Waals surface area contributed by atoms with Crippen molar-refractivity contribution in [3.8, 4) is 112 Å². The molecule has 0 bridgehead atoms. The van der Waals surface area contributed by atoms with Gasteiger partial charge in [0.2, 0.25) is 0 Å². The fourth-order valence-electron chi connectivity index (χ4n) is 13.3. The summed E-state index contributed by atoms with van der Waals surface area (Å²) in [4.78, 5) is 36.2. The quantitative estimate of drug-likeness (QED) is 0.0351. The van der Waals surface area contributed by atoms with Gasteiger partial charge in [-0.05, 0) is 150 Å². The number of aromatic amines is 4. The number of aryl methyl sites for hydroxylation is 3. The van der Waals surface area contributed by atoms with Gasteiger partial charge in [-0.2, -0.15) is 25.5 Å². The lowest BCUT2D eigenvalue weighted by molar-refractivity contribution is 0.417. The molecule has 0 radical (unpaired) electrons. The van der Waals surface area contributed by atoms with Crippen molar-refractivity contribution in [2.24, 2.45) is 14.1 Å². The zero-order valence-corrected chi connectivity index (χ0v) is 63.8. The molecule has 0 saturated heterocycles. The summed E-state index contributed by atoms with van der Waals surface area (Å²) in [7, 11) is 10.4. The van der Waals surface area contributed by atoms with E-state index in [1.807, 2.05) is 175 Å². The Labute approximate surface area is 662 Å². The number of fused-ring (bicyclic) bond motifs is 4. The highest BCUT2D eigenvalue weighted by molar-refractivity contribution is 7.13. The summed E-state index contributed by atoms with van der Waals surface area (Å²) in [5.41, 5.74) is 18.9. The van der Waals surface area contributed by atoms with Crippen LogP contribution in [0.5, 0.6) is 23.0 Å². The second-order valence-corrected chi connectivity index (χ2v) is 26.8. The third-order valence-corrected chi connectivity index (χ3v) is 19.9. The highest BCUT2D eigenvalue weighted by Gasteiger charge is 2.24. The van der Waals surface area contributed by atoms with Crippen LogP contribution in [0.3, 0.4) is 0 Å². The van der Waals surface area contributed by atoms with Crippen molar-refractivity contribution >= 4 is 101 Å². The van der Waals surface area contributed by atoms with Crippen molar-refractivity contribution < 1.29 is 36.6 Å². The number of nitrogens with zero attached hydrogens (tertiary/aromatic N) is 15. The number of thiophene rings is 1. The fraction of sp³-hybridized carbons (Fsp3) is 0.0833. The van der Waals surface area contributed by atoms with Crippen LogP contribution in [0.15, 0.2) is 262 Å². The number of ether oxygens (including phenoxy) is 4. The first-order valence-electron chi connectivity index (χ1n) is 35.9. The maximum atomic E-state index is 5.57. The van der Waals surface area contributed by atoms with Crippen LogP contribution in [-0.2, 0) is 14.1 Å². The van der Waals surface area contributed by atoms with Gasteiger partial charge >= 0.3 is 0 Å². The minimum absolute atomic E-state index is 0.538. The number of rotatable bonds is 20. The normalized spacial score (nSPS) is 11.1. The van der Waals surface area contributed by atoms with Gasteiger partial charge in [0.15, 0.2) is 34.1 Å². The summed E-state index contributed by atoms with van der Waals surface area (Å²) >= 11 is 1.71. The van der Waals surface area contributed by atoms with E-state index in [-0.39, 0.29) is 0 Å². The van der Waals surface area contributed by atoms with Crippen LogP contribution in [0.1, 0.15) is 5.56 Å². The average molecular weight is 1560 g/mol. The van der Waals surface area contributed by atoms with E-state index in [2.05, 4.69) is 138 Å².